The van der Waals surface area contributed by atoms with Crippen LogP contribution in [0.25, 0.3) is 6.08 Å². The highest BCUT2D eigenvalue weighted by Gasteiger charge is 2.04. The second-order valence-electron chi connectivity index (χ2n) is 3.74. The smallest absolute Gasteiger partial charge is 0.328 e. The molecule has 19 heavy (non-hydrogen) atoms. The van der Waals surface area contributed by atoms with Gasteiger partial charge in [0.15, 0.2) is 0 Å². The summed E-state index contributed by atoms with van der Waals surface area (Å²) in [6, 6.07) is 8.72. The van der Waals surface area contributed by atoms with Crippen LogP contribution >= 0.6 is 23.1 Å². The van der Waals surface area contributed by atoms with Crippen LogP contribution in [-0.4, -0.2) is 11.1 Å². The Hall–Kier alpha value is -1.59. The van der Waals surface area contributed by atoms with E-state index >= 15 is 0 Å². The van der Waals surface area contributed by atoms with Gasteiger partial charge in [-0.2, -0.15) is 0 Å². The molecule has 0 radical (unpaired) electrons. The number of thiophene rings is 1. The van der Waals surface area contributed by atoms with Crippen LogP contribution in [0.3, 0.4) is 0 Å². The van der Waals surface area contributed by atoms with Gasteiger partial charge in [-0.3, -0.25) is 0 Å². The fourth-order valence-electron chi connectivity index (χ4n) is 1.45. The Bertz CT molecular complexity index is 591. The van der Waals surface area contributed by atoms with Crippen molar-refractivity contribution >= 4 is 35.1 Å². The quantitative estimate of drug-likeness (QED) is 0.660. The lowest BCUT2D eigenvalue weighted by molar-refractivity contribution is -0.131. The zero-order valence-corrected chi connectivity index (χ0v) is 11.5. The van der Waals surface area contributed by atoms with Gasteiger partial charge in [0, 0.05) is 11.8 Å². The topological polar surface area (TPSA) is 37.3 Å². The summed E-state index contributed by atoms with van der Waals surface area (Å²) in [6.07, 6.45) is 2.37. The molecule has 98 valence electrons. The molecule has 0 unspecified atom stereocenters. The first kappa shape index (κ1) is 13.8. The molecule has 1 N–H and O–H groups in total. The monoisotopic (exact) mass is 294 g/mol. The van der Waals surface area contributed by atoms with E-state index in [4.69, 9.17) is 5.11 Å². The van der Waals surface area contributed by atoms with Gasteiger partial charge < -0.3 is 5.11 Å². The fourth-order valence-corrected chi connectivity index (χ4v) is 3.22. The Labute approximate surface area is 118 Å². The number of rotatable bonds is 5. The zero-order chi connectivity index (χ0) is 13.7. The van der Waals surface area contributed by atoms with Gasteiger partial charge in [-0.15, -0.1) is 23.1 Å². The van der Waals surface area contributed by atoms with Crippen LogP contribution in [0.5, 0.6) is 0 Å². The lowest BCUT2D eigenvalue weighted by Crippen LogP contribution is -1.90. The molecular weight excluding hydrogens is 283 g/mol. The van der Waals surface area contributed by atoms with Crippen LogP contribution in [0.4, 0.5) is 4.39 Å². The van der Waals surface area contributed by atoms with Gasteiger partial charge in [-0.1, -0.05) is 18.2 Å². The summed E-state index contributed by atoms with van der Waals surface area (Å²) in [6.45, 7) is 0. The molecule has 0 aliphatic rings. The van der Waals surface area contributed by atoms with Crippen molar-refractivity contribution in [1.82, 2.24) is 0 Å². The van der Waals surface area contributed by atoms with E-state index < -0.39 is 5.97 Å². The van der Waals surface area contributed by atoms with Crippen molar-refractivity contribution in [2.45, 2.75) is 9.96 Å². The third-order valence-corrected chi connectivity index (χ3v) is 4.54. The van der Waals surface area contributed by atoms with Gasteiger partial charge in [-0.25, -0.2) is 9.18 Å². The molecular formula is C14H11FO2S2. The summed E-state index contributed by atoms with van der Waals surface area (Å²) in [5, 5.41) is 10.5. The van der Waals surface area contributed by atoms with Crippen molar-refractivity contribution in [2.75, 3.05) is 0 Å². The van der Waals surface area contributed by atoms with E-state index in [0.717, 1.165) is 10.3 Å². The number of hydrogen-bond acceptors (Lipinski definition) is 3. The average molecular weight is 294 g/mol. The van der Waals surface area contributed by atoms with Gasteiger partial charge >= 0.3 is 5.97 Å². The first-order valence-corrected chi connectivity index (χ1v) is 7.37. The fraction of sp³-hybridized carbons (Fsp3) is 0.0714. The predicted molar refractivity (Wildman–Crippen MR) is 76.9 cm³/mol. The second kappa shape index (κ2) is 6.54. The highest BCUT2D eigenvalue weighted by atomic mass is 32.2. The van der Waals surface area contributed by atoms with Crippen LogP contribution in [0.1, 0.15) is 11.1 Å². The molecule has 2 nitrogen and oxygen atoms in total. The molecule has 0 saturated carbocycles. The van der Waals surface area contributed by atoms with Crippen molar-refractivity contribution in [3.8, 4) is 0 Å². The van der Waals surface area contributed by atoms with E-state index in [1.54, 1.807) is 35.2 Å². The number of aliphatic carboxylic acids is 1. The third-order valence-electron chi connectivity index (χ3n) is 2.36. The Morgan fingerprint density at radius 2 is 2.26 bits per heavy atom. The minimum absolute atomic E-state index is 0.309. The summed E-state index contributed by atoms with van der Waals surface area (Å²) in [5.74, 6) is -0.788. The van der Waals surface area contributed by atoms with Crippen LogP contribution in [-0.2, 0) is 10.5 Å². The van der Waals surface area contributed by atoms with Crippen molar-refractivity contribution in [3.63, 3.8) is 0 Å². The van der Waals surface area contributed by atoms with E-state index in [1.165, 1.54) is 12.1 Å². The van der Waals surface area contributed by atoms with Gasteiger partial charge in [0.1, 0.15) is 5.82 Å². The molecule has 1 aromatic heterocycles. The molecule has 0 bridgehead atoms. The van der Waals surface area contributed by atoms with Crippen LogP contribution in [0.2, 0.25) is 0 Å². The van der Waals surface area contributed by atoms with Crippen molar-refractivity contribution in [2.24, 2.45) is 0 Å². The highest BCUT2D eigenvalue weighted by molar-refractivity contribution is 8.00. The number of thioether (sulfide) groups is 1. The number of benzene rings is 1. The van der Waals surface area contributed by atoms with E-state index in [2.05, 4.69) is 0 Å². The van der Waals surface area contributed by atoms with E-state index in [9.17, 15) is 9.18 Å². The van der Waals surface area contributed by atoms with Crippen molar-refractivity contribution in [1.29, 1.82) is 0 Å². The van der Waals surface area contributed by atoms with Gasteiger partial charge in [0.2, 0.25) is 0 Å². The Morgan fingerprint density at radius 1 is 1.42 bits per heavy atom. The maximum atomic E-state index is 13.8. The molecule has 0 aliphatic heterocycles. The number of carbonyl (C=O) groups is 1. The first-order chi connectivity index (χ1) is 9.15. The predicted octanol–water partition coefficient (Wildman–Crippen LogP) is 4.28. The van der Waals surface area contributed by atoms with Crippen LogP contribution in [0.15, 0.2) is 46.0 Å². The second-order valence-corrected chi connectivity index (χ2v) is 5.97. The van der Waals surface area contributed by atoms with Crippen molar-refractivity contribution in [3.05, 3.63) is 58.7 Å². The summed E-state index contributed by atoms with van der Waals surface area (Å²) in [7, 11) is 0. The molecule has 1 heterocycles. The minimum Gasteiger partial charge on any atom is -0.478 e. The average Bonchev–Trinajstić information content (AvgIpc) is 2.88. The Kier molecular flexibility index (Phi) is 4.76. The third kappa shape index (κ3) is 4.22. The SMILES string of the molecule is O=C(O)C=Cc1ccc(CSc2cccs2)c(F)c1. The molecule has 0 atom stereocenters. The summed E-state index contributed by atoms with van der Waals surface area (Å²) < 4.78 is 15.0. The standard InChI is InChI=1S/C14H11FO2S2/c15-12-8-10(4-6-13(16)17)3-5-11(12)9-19-14-2-1-7-18-14/h1-8H,9H2,(H,16,17). The molecule has 2 rings (SSSR count). The van der Waals surface area contributed by atoms with E-state index in [-0.39, 0.29) is 5.82 Å². The maximum Gasteiger partial charge on any atom is 0.328 e. The zero-order valence-electron chi connectivity index (χ0n) is 9.88. The number of carboxylic acid groups (broad SMARTS) is 1. The molecule has 0 aliphatic carbocycles. The Morgan fingerprint density at radius 3 is 2.89 bits per heavy atom. The molecule has 0 spiro atoms. The number of halogens is 1. The Balaban J connectivity index is 2.04. The largest absolute Gasteiger partial charge is 0.478 e. The van der Waals surface area contributed by atoms with Crippen molar-refractivity contribution < 1.29 is 14.3 Å². The molecule has 2 aromatic rings. The first-order valence-electron chi connectivity index (χ1n) is 5.51. The summed E-state index contributed by atoms with van der Waals surface area (Å²) in [5.41, 5.74) is 1.16. The summed E-state index contributed by atoms with van der Waals surface area (Å²) >= 11 is 3.21. The van der Waals surface area contributed by atoms with E-state index in [1.807, 2.05) is 17.5 Å². The van der Waals surface area contributed by atoms with Gasteiger partial charge in [-0.05, 0) is 34.7 Å². The molecule has 5 heteroatoms. The highest BCUT2D eigenvalue weighted by Crippen LogP contribution is 2.28. The molecule has 1 aromatic carbocycles. The molecule has 0 fully saturated rings. The van der Waals surface area contributed by atoms with Gasteiger partial charge in [0.05, 0.1) is 4.21 Å². The van der Waals surface area contributed by atoms with Crippen LogP contribution < -0.4 is 0 Å². The number of hydrogen-bond donors (Lipinski definition) is 1. The lowest BCUT2D eigenvalue weighted by atomic mass is 10.1. The lowest BCUT2D eigenvalue weighted by Gasteiger charge is -2.03. The van der Waals surface area contributed by atoms with E-state index in [0.29, 0.717) is 16.9 Å². The normalized spacial score (nSPS) is 11.0. The molecule has 0 amide bonds. The maximum absolute atomic E-state index is 13.8. The van der Waals surface area contributed by atoms with Gasteiger partial charge in [0.25, 0.3) is 0 Å². The minimum atomic E-state index is -1.04. The number of carboxylic acids is 1. The molecule has 0 saturated heterocycles. The summed E-state index contributed by atoms with van der Waals surface area (Å²) in [4.78, 5) is 10.4. The van der Waals surface area contributed by atoms with Crippen LogP contribution in [0, 0.1) is 5.82 Å².